The summed E-state index contributed by atoms with van der Waals surface area (Å²) in [5.74, 6) is -1.67. The first kappa shape index (κ1) is 16.8. The van der Waals surface area contributed by atoms with Crippen molar-refractivity contribution < 1.29 is 18.8 Å². The van der Waals surface area contributed by atoms with Crippen molar-refractivity contribution in [2.45, 2.75) is 6.42 Å². The lowest BCUT2D eigenvalue weighted by atomic mass is 10.1. The van der Waals surface area contributed by atoms with Crippen molar-refractivity contribution in [3.05, 3.63) is 66.0 Å². The molecule has 0 radical (unpaired) electrons. The van der Waals surface area contributed by atoms with E-state index in [4.69, 9.17) is 0 Å². The Balaban J connectivity index is 1.56. The van der Waals surface area contributed by atoms with Gasteiger partial charge in [0.2, 0.25) is 11.8 Å². The number of rotatable bonds is 5. The first-order chi connectivity index (χ1) is 12.0. The van der Waals surface area contributed by atoms with E-state index in [0.29, 0.717) is 12.1 Å². The predicted molar refractivity (Wildman–Crippen MR) is 90.6 cm³/mol. The quantitative estimate of drug-likeness (QED) is 0.849. The van der Waals surface area contributed by atoms with E-state index >= 15 is 0 Å². The van der Waals surface area contributed by atoms with Gasteiger partial charge in [-0.2, -0.15) is 0 Å². The van der Waals surface area contributed by atoms with E-state index in [2.05, 4.69) is 5.32 Å². The summed E-state index contributed by atoms with van der Waals surface area (Å²) in [7, 11) is 0. The molecule has 6 heteroatoms. The van der Waals surface area contributed by atoms with Gasteiger partial charge in [0.25, 0.3) is 0 Å². The second kappa shape index (κ2) is 7.25. The third-order valence-electron chi connectivity index (χ3n) is 4.15. The average molecular weight is 340 g/mol. The SMILES string of the molecule is O=C(CNC(=O)C1CC(=O)N(c2ccccc2)C1)c1ccc(F)cc1. The van der Waals surface area contributed by atoms with E-state index < -0.39 is 11.7 Å². The van der Waals surface area contributed by atoms with Crippen LogP contribution < -0.4 is 10.2 Å². The highest BCUT2D eigenvalue weighted by atomic mass is 19.1. The Hall–Kier alpha value is -3.02. The maximum absolute atomic E-state index is 12.9. The van der Waals surface area contributed by atoms with Crippen molar-refractivity contribution >= 4 is 23.3 Å². The zero-order chi connectivity index (χ0) is 17.8. The molecule has 1 atom stereocenters. The summed E-state index contributed by atoms with van der Waals surface area (Å²) in [4.78, 5) is 38.0. The molecule has 0 aliphatic carbocycles. The fourth-order valence-electron chi connectivity index (χ4n) is 2.79. The number of ketones is 1. The topological polar surface area (TPSA) is 66.5 Å². The smallest absolute Gasteiger partial charge is 0.227 e. The number of Topliss-reactive ketones (excluding diaryl/α,β-unsaturated/α-hetero) is 1. The highest BCUT2D eigenvalue weighted by molar-refractivity contribution is 6.02. The first-order valence-corrected chi connectivity index (χ1v) is 7.96. The zero-order valence-electron chi connectivity index (χ0n) is 13.4. The van der Waals surface area contributed by atoms with E-state index in [9.17, 15) is 18.8 Å². The number of carbonyl (C=O) groups is 3. The molecule has 1 saturated heterocycles. The standard InChI is InChI=1S/C19H17FN2O3/c20-15-8-6-13(7-9-15)17(23)11-21-19(25)14-10-18(24)22(12-14)16-4-2-1-3-5-16/h1-9,14H,10-12H2,(H,21,25). The van der Waals surface area contributed by atoms with Crippen LogP contribution in [0.25, 0.3) is 0 Å². The summed E-state index contributed by atoms with van der Waals surface area (Å²) in [5.41, 5.74) is 1.08. The number of anilines is 1. The van der Waals surface area contributed by atoms with Crippen molar-refractivity contribution in [1.29, 1.82) is 0 Å². The van der Waals surface area contributed by atoms with Gasteiger partial charge in [-0.05, 0) is 36.4 Å². The van der Waals surface area contributed by atoms with Crippen LogP contribution in [0.2, 0.25) is 0 Å². The Morgan fingerprint density at radius 2 is 1.76 bits per heavy atom. The average Bonchev–Trinajstić information content (AvgIpc) is 3.02. The molecule has 1 heterocycles. The van der Waals surface area contributed by atoms with Gasteiger partial charge in [0.1, 0.15) is 5.82 Å². The molecule has 5 nitrogen and oxygen atoms in total. The number of nitrogens with zero attached hydrogens (tertiary/aromatic N) is 1. The highest BCUT2D eigenvalue weighted by Crippen LogP contribution is 2.24. The molecule has 1 fully saturated rings. The summed E-state index contributed by atoms with van der Waals surface area (Å²) < 4.78 is 12.9. The maximum Gasteiger partial charge on any atom is 0.227 e. The van der Waals surface area contributed by atoms with Crippen LogP contribution in [0.4, 0.5) is 10.1 Å². The van der Waals surface area contributed by atoms with Gasteiger partial charge in [0.15, 0.2) is 5.78 Å². The van der Waals surface area contributed by atoms with Gasteiger partial charge in [0.05, 0.1) is 12.5 Å². The Bertz CT molecular complexity index is 790. The van der Waals surface area contributed by atoms with E-state index in [1.54, 1.807) is 4.90 Å². The van der Waals surface area contributed by atoms with Crippen LogP contribution in [-0.4, -0.2) is 30.7 Å². The van der Waals surface area contributed by atoms with Gasteiger partial charge in [-0.25, -0.2) is 4.39 Å². The van der Waals surface area contributed by atoms with Crippen molar-refractivity contribution in [2.75, 3.05) is 18.0 Å². The lowest BCUT2D eigenvalue weighted by Gasteiger charge is -2.16. The molecule has 25 heavy (non-hydrogen) atoms. The molecule has 0 saturated carbocycles. The Kier molecular flexibility index (Phi) is 4.88. The molecule has 0 aromatic heterocycles. The molecule has 0 bridgehead atoms. The monoisotopic (exact) mass is 340 g/mol. The minimum Gasteiger partial charge on any atom is -0.348 e. The van der Waals surface area contributed by atoms with Crippen LogP contribution in [0.15, 0.2) is 54.6 Å². The second-order valence-electron chi connectivity index (χ2n) is 5.89. The Morgan fingerprint density at radius 1 is 1.08 bits per heavy atom. The number of amides is 2. The summed E-state index contributed by atoms with van der Waals surface area (Å²) >= 11 is 0. The number of benzene rings is 2. The molecule has 1 N–H and O–H groups in total. The number of carbonyl (C=O) groups excluding carboxylic acids is 3. The molecule has 2 aromatic rings. The van der Waals surface area contributed by atoms with E-state index in [-0.39, 0.29) is 30.6 Å². The summed E-state index contributed by atoms with van der Waals surface area (Å²) in [6.45, 7) is 0.111. The van der Waals surface area contributed by atoms with Crippen molar-refractivity contribution in [2.24, 2.45) is 5.92 Å². The molecule has 128 valence electrons. The van der Waals surface area contributed by atoms with E-state index in [0.717, 1.165) is 5.69 Å². The molecule has 1 unspecified atom stereocenters. The summed E-state index contributed by atoms with van der Waals surface area (Å²) in [5, 5.41) is 2.57. The zero-order valence-corrected chi connectivity index (χ0v) is 13.4. The summed E-state index contributed by atoms with van der Waals surface area (Å²) in [6.07, 6.45) is 0.117. The maximum atomic E-state index is 12.9. The molecular weight excluding hydrogens is 323 g/mol. The van der Waals surface area contributed by atoms with Crippen LogP contribution in [0.1, 0.15) is 16.8 Å². The third kappa shape index (κ3) is 3.91. The first-order valence-electron chi connectivity index (χ1n) is 7.96. The molecule has 2 aromatic carbocycles. The van der Waals surface area contributed by atoms with Crippen LogP contribution in [0.5, 0.6) is 0 Å². The fraction of sp³-hybridized carbons (Fsp3) is 0.211. The minimum atomic E-state index is -0.492. The Morgan fingerprint density at radius 3 is 2.44 bits per heavy atom. The molecule has 3 rings (SSSR count). The van der Waals surface area contributed by atoms with E-state index in [1.807, 2.05) is 30.3 Å². The number of hydrogen-bond donors (Lipinski definition) is 1. The van der Waals surface area contributed by atoms with E-state index in [1.165, 1.54) is 24.3 Å². The van der Waals surface area contributed by atoms with Gasteiger partial charge < -0.3 is 10.2 Å². The normalized spacial score (nSPS) is 16.8. The Labute approximate surface area is 144 Å². The molecule has 0 spiro atoms. The number of nitrogens with one attached hydrogen (secondary N) is 1. The van der Waals surface area contributed by atoms with Gasteiger partial charge in [-0.1, -0.05) is 18.2 Å². The lowest BCUT2D eigenvalue weighted by Crippen LogP contribution is -2.36. The van der Waals surface area contributed by atoms with Gasteiger partial charge >= 0.3 is 0 Å². The number of hydrogen-bond acceptors (Lipinski definition) is 3. The highest BCUT2D eigenvalue weighted by Gasteiger charge is 2.35. The minimum absolute atomic E-state index is 0.115. The van der Waals surface area contributed by atoms with Crippen molar-refractivity contribution in [3.8, 4) is 0 Å². The summed E-state index contributed by atoms with van der Waals surface area (Å²) in [6, 6.07) is 14.3. The number of para-hydroxylation sites is 1. The van der Waals surface area contributed by atoms with Crippen LogP contribution in [0, 0.1) is 11.7 Å². The van der Waals surface area contributed by atoms with Crippen molar-refractivity contribution in [3.63, 3.8) is 0 Å². The third-order valence-corrected chi connectivity index (χ3v) is 4.15. The van der Waals surface area contributed by atoms with Gasteiger partial charge in [-0.15, -0.1) is 0 Å². The van der Waals surface area contributed by atoms with Crippen molar-refractivity contribution in [1.82, 2.24) is 5.32 Å². The molecular formula is C19H17FN2O3. The number of halogens is 1. The van der Waals surface area contributed by atoms with Gasteiger partial charge in [0, 0.05) is 24.2 Å². The lowest BCUT2D eigenvalue weighted by molar-refractivity contribution is -0.126. The van der Waals surface area contributed by atoms with Crippen LogP contribution >= 0.6 is 0 Å². The second-order valence-corrected chi connectivity index (χ2v) is 5.89. The van der Waals surface area contributed by atoms with Crippen LogP contribution in [0.3, 0.4) is 0 Å². The largest absolute Gasteiger partial charge is 0.348 e. The fourth-order valence-corrected chi connectivity index (χ4v) is 2.79. The van der Waals surface area contributed by atoms with Crippen LogP contribution in [-0.2, 0) is 9.59 Å². The van der Waals surface area contributed by atoms with Gasteiger partial charge in [-0.3, -0.25) is 14.4 Å². The predicted octanol–water partition coefficient (Wildman–Crippen LogP) is 2.18. The molecule has 2 amide bonds. The molecule has 1 aliphatic heterocycles. The molecule has 1 aliphatic rings.